The lowest BCUT2D eigenvalue weighted by Crippen LogP contribution is -2.13. The summed E-state index contributed by atoms with van der Waals surface area (Å²) >= 11 is 3.46. The van der Waals surface area contributed by atoms with Crippen molar-refractivity contribution < 1.29 is 4.74 Å². The number of hydrogen-bond acceptors (Lipinski definition) is 1. The quantitative estimate of drug-likeness (QED) is 0.546. The molecular weight excluding hydrogens is 228 g/mol. The lowest BCUT2D eigenvalue weighted by Gasteiger charge is -2.18. The van der Waals surface area contributed by atoms with Crippen LogP contribution in [-0.2, 0) is 4.74 Å². The molecule has 0 bridgehead atoms. The number of epoxide rings is 1. The van der Waals surface area contributed by atoms with Crippen LogP contribution in [0.1, 0.15) is 47.0 Å². The Morgan fingerprint density at radius 3 is 2.38 bits per heavy atom. The molecule has 0 spiro atoms. The smallest absolute Gasteiger partial charge is 0.0967 e. The second kappa shape index (κ2) is 3.90. The summed E-state index contributed by atoms with van der Waals surface area (Å²) in [5.74, 6) is 0. The van der Waals surface area contributed by atoms with Crippen LogP contribution in [0.25, 0.3) is 0 Å². The highest BCUT2D eigenvalue weighted by Gasteiger charge is 2.50. The van der Waals surface area contributed by atoms with Crippen molar-refractivity contribution in [3.63, 3.8) is 0 Å². The van der Waals surface area contributed by atoms with Gasteiger partial charge >= 0.3 is 0 Å². The van der Waals surface area contributed by atoms with Crippen LogP contribution in [0.2, 0.25) is 0 Å². The maximum absolute atomic E-state index is 5.62. The lowest BCUT2D eigenvalue weighted by molar-refractivity contribution is 0.275. The highest BCUT2D eigenvalue weighted by molar-refractivity contribution is 9.09. The number of ether oxygens (including phenoxy) is 1. The van der Waals surface area contributed by atoms with E-state index >= 15 is 0 Å². The first-order chi connectivity index (χ1) is 5.87. The Morgan fingerprint density at radius 2 is 2.00 bits per heavy atom. The second-order valence-electron chi connectivity index (χ2n) is 5.49. The van der Waals surface area contributed by atoms with Gasteiger partial charge in [0.2, 0.25) is 0 Å². The normalized spacial score (nSPS) is 33.5. The summed E-state index contributed by atoms with van der Waals surface area (Å²) in [4.78, 5) is 0. The molecular formula is C11H21BrO. The number of rotatable bonds is 4. The number of alkyl halides is 1. The van der Waals surface area contributed by atoms with E-state index in [1.807, 2.05) is 0 Å². The molecule has 0 amide bonds. The zero-order valence-corrected chi connectivity index (χ0v) is 10.8. The van der Waals surface area contributed by atoms with Gasteiger partial charge in [-0.3, -0.25) is 0 Å². The van der Waals surface area contributed by atoms with Gasteiger partial charge in [-0.25, -0.2) is 0 Å². The molecule has 0 saturated carbocycles. The van der Waals surface area contributed by atoms with Crippen LogP contribution < -0.4 is 0 Å². The van der Waals surface area contributed by atoms with Gasteiger partial charge in [-0.1, -0.05) is 36.7 Å². The van der Waals surface area contributed by atoms with Crippen LogP contribution in [0.4, 0.5) is 0 Å². The fraction of sp³-hybridized carbons (Fsp3) is 1.00. The maximum atomic E-state index is 5.62. The van der Waals surface area contributed by atoms with Crippen LogP contribution in [-0.4, -0.2) is 17.0 Å². The Bertz CT molecular complexity index is 173. The molecule has 1 saturated heterocycles. The molecule has 0 aromatic carbocycles. The van der Waals surface area contributed by atoms with Crippen molar-refractivity contribution in [2.45, 2.75) is 58.7 Å². The predicted octanol–water partition coefficient (Wildman–Crippen LogP) is 3.76. The first kappa shape index (κ1) is 11.5. The Hall–Kier alpha value is 0.440. The van der Waals surface area contributed by atoms with Gasteiger partial charge < -0.3 is 4.74 Å². The summed E-state index contributed by atoms with van der Waals surface area (Å²) in [5.41, 5.74) is 0.657. The third-order valence-corrected chi connectivity index (χ3v) is 3.36. The molecule has 1 aliphatic rings. The Kier molecular flexibility index (Phi) is 3.45. The largest absolute Gasteiger partial charge is 0.365 e. The summed E-state index contributed by atoms with van der Waals surface area (Å²) in [6.45, 7) is 9.11. The van der Waals surface area contributed by atoms with Gasteiger partial charge in [0.1, 0.15) is 0 Å². The van der Waals surface area contributed by atoms with Gasteiger partial charge in [0.15, 0.2) is 0 Å². The first-order valence-corrected chi connectivity index (χ1v) is 6.23. The molecule has 0 aromatic rings. The average molecular weight is 249 g/mol. The molecule has 78 valence electrons. The van der Waals surface area contributed by atoms with Crippen molar-refractivity contribution in [1.82, 2.24) is 0 Å². The number of hydrogen-bond donors (Lipinski definition) is 0. The summed E-state index contributed by atoms with van der Waals surface area (Å²) in [6, 6.07) is 0. The zero-order chi connectivity index (χ0) is 10.1. The predicted molar refractivity (Wildman–Crippen MR) is 60.4 cm³/mol. The SMILES string of the molecule is CC(C)(C)CCCC1(C)O[C@H]1CBr. The van der Waals surface area contributed by atoms with Gasteiger partial charge in [0.05, 0.1) is 11.7 Å². The van der Waals surface area contributed by atoms with Crippen molar-refractivity contribution in [3.05, 3.63) is 0 Å². The van der Waals surface area contributed by atoms with Gasteiger partial charge in [-0.05, 0) is 31.6 Å². The molecule has 1 nitrogen and oxygen atoms in total. The molecule has 2 heteroatoms. The minimum Gasteiger partial charge on any atom is -0.365 e. The van der Waals surface area contributed by atoms with Gasteiger partial charge in [0, 0.05) is 5.33 Å². The molecule has 13 heavy (non-hydrogen) atoms. The molecule has 1 unspecified atom stereocenters. The molecule has 0 aliphatic carbocycles. The minimum atomic E-state index is 0.189. The fourth-order valence-electron chi connectivity index (χ4n) is 1.68. The Balaban J connectivity index is 2.14. The van der Waals surface area contributed by atoms with E-state index in [1.165, 1.54) is 19.3 Å². The fourth-order valence-corrected chi connectivity index (χ4v) is 2.49. The maximum Gasteiger partial charge on any atom is 0.0967 e. The first-order valence-electron chi connectivity index (χ1n) is 5.11. The zero-order valence-electron chi connectivity index (χ0n) is 9.19. The Morgan fingerprint density at radius 1 is 1.38 bits per heavy atom. The standard InChI is InChI=1S/C11H21BrO/c1-10(2,3)6-5-7-11(4)9(8-12)13-11/h9H,5-8H2,1-4H3/t9-,11?/m0/s1. The van der Waals surface area contributed by atoms with Crippen LogP contribution in [0.15, 0.2) is 0 Å². The van der Waals surface area contributed by atoms with E-state index in [1.54, 1.807) is 0 Å². The minimum absolute atomic E-state index is 0.189. The van der Waals surface area contributed by atoms with E-state index < -0.39 is 0 Å². The Labute approximate surface area is 90.4 Å². The summed E-state index contributed by atoms with van der Waals surface area (Å²) < 4.78 is 5.62. The topological polar surface area (TPSA) is 12.5 Å². The van der Waals surface area contributed by atoms with E-state index in [9.17, 15) is 0 Å². The van der Waals surface area contributed by atoms with Crippen LogP contribution >= 0.6 is 15.9 Å². The van der Waals surface area contributed by atoms with Gasteiger partial charge in [0.25, 0.3) is 0 Å². The van der Waals surface area contributed by atoms with Crippen molar-refractivity contribution in [2.24, 2.45) is 5.41 Å². The highest BCUT2D eigenvalue weighted by Crippen LogP contribution is 2.42. The van der Waals surface area contributed by atoms with E-state index in [0.29, 0.717) is 11.5 Å². The average Bonchev–Trinajstić information content (AvgIpc) is 2.59. The van der Waals surface area contributed by atoms with Gasteiger partial charge in [-0.2, -0.15) is 0 Å². The number of halogens is 1. The van der Waals surface area contributed by atoms with Crippen molar-refractivity contribution in [1.29, 1.82) is 0 Å². The molecule has 1 fully saturated rings. The molecule has 0 aromatic heterocycles. The van der Waals surface area contributed by atoms with E-state index in [2.05, 4.69) is 43.6 Å². The highest BCUT2D eigenvalue weighted by atomic mass is 79.9. The second-order valence-corrected chi connectivity index (χ2v) is 6.14. The van der Waals surface area contributed by atoms with Gasteiger partial charge in [-0.15, -0.1) is 0 Å². The molecule has 1 rings (SSSR count). The third-order valence-electron chi connectivity index (χ3n) is 2.78. The van der Waals surface area contributed by atoms with E-state index in [0.717, 1.165) is 5.33 Å². The lowest BCUT2D eigenvalue weighted by atomic mass is 9.87. The molecule has 1 aliphatic heterocycles. The third kappa shape index (κ3) is 3.59. The molecule has 2 atom stereocenters. The molecule has 1 heterocycles. The molecule has 0 N–H and O–H groups in total. The van der Waals surface area contributed by atoms with Crippen LogP contribution in [0, 0.1) is 5.41 Å². The van der Waals surface area contributed by atoms with Crippen molar-refractivity contribution in [2.75, 3.05) is 5.33 Å². The van der Waals surface area contributed by atoms with Crippen LogP contribution in [0.5, 0.6) is 0 Å². The summed E-state index contributed by atoms with van der Waals surface area (Å²) in [6.07, 6.45) is 4.25. The monoisotopic (exact) mass is 248 g/mol. The van der Waals surface area contributed by atoms with E-state index in [-0.39, 0.29) is 5.60 Å². The van der Waals surface area contributed by atoms with Crippen LogP contribution in [0.3, 0.4) is 0 Å². The molecule has 0 radical (unpaired) electrons. The summed E-state index contributed by atoms with van der Waals surface area (Å²) in [7, 11) is 0. The van der Waals surface area contributed by atoms with Crippen molar-refractivity contribution in [3.8, 4) is 0 Å². The van der Waals surface area contributed by atoms with Crippen molar-refractivity contribution >= 4 is 15.9 Å². The summed E-state index contributed by atoms with van der Waals surface area (Å²) in [5, 5.41) is 0.985. The van der Waals surface area contributed by atoms with E-state index in [4.69, 9.17) is 4.74 Å².